The van der Waals surface area contributed by atoms with Crippen LogP contribution in [-0.4, -0.2) is 34.1 Å². The molecule has 1 fully saturated rings. The van der Waals surface area contributed by atoms with Gasteiger partial charge < -0.3 is 14.4 Å². The molecular weight excluding hydrogens is 192 g/mol. The zero-order chi connectivity index (χ0) is 10.7. The molecule has 2 rings (SSSR count). The summed E-state index contributed by atoms with van der Waals surface area (Å²) in [6.07, 6.45) is 4.91. The van der Waals surface area contributed by atoms with Crippen LogP contribution < -0.4 is 0 Å². The maximum absolute atomic E-state index is 8.88. The lowest BCUT2D eigenvalue weighted by molar-refractivity contribution is 0.253. The van der Waals surface area contributed by atoms with Crippen LogP contribution in [0.5, 0.6) is 0 Å². The summed E-state index contributed by atoms with van der Waals surface area (Å²) < 4.78 is 5.31. The van der Waals surface area contributed by atoms with Crippen molar-refractivity contribution in [2.24, 2.45) is 0 Å². The van der Waals surface area contributed by atoms with Gasteiger partial charge in [0.25, 0.3) is 0 Å². The van der Waals surface area contributed by atoms with E-state index in [-0.39, 0.29) is 6.61 Å². The lowest BCUT2D eigenvalue weighted by atomic mass is 10.1. The minimum atomic E-state index is -0.0361. The van der Waals surface area contributed by atoms with E-state index in [4.69, 9.17) is 9.52 Å². The van der Waals surface area contributed by atoms with E-state index in [2.05, 4.69) is 16.8 Å². The van der Waals surface area contributed by atoms with E-state index < -0.39 is 0 Å². The first-order chi connectivity index (χ1) is 7.33. The highest BCUT2D eigenvalue weighted by molar-refractivity contribution is 4.97. The second-order valence-electron chi connectivity index (χ2n) is 4.02. The summed E-state index contributed by atoms with van der Waals surface area (Å²) in [6, 6.07) is 0.570. The summed E-state index contributed by atoms with van der Waals surface area (Å²) in [7, 11) is 0. The first kappa shape index (κ1) is 10.6. The second kappa shape index (κ2) is 4.77. The van der Waals surface area contributed by atoms with Gasteiger partial charge in [-0.25, -0.2) is 4.98 Å². The highest BCUT2D eigenvalue weighted by Gasteiger charge is 2.24. The molecule has 0 amide bonds. The lowest BCUT2D eigenvalue weighted by Crippen LogP contribution is -2.30. The molecule has 1 aromatic heterocycles. The van der Waals surface area contributed by atoms with Gasteiger partial charge in [-0.15, -0.1) is 0 Å². The third-order valence-electron chi connectivity index (χ3n) is 3.08. The fourth-order valence-electron chi connectivity index (χ4n) is 2.26. The van der Waals surface area contributed by atoms with Crippen LogP contribution in [0.25, 0.3) is 0 Å². The molecule has 2 heterocycles. The van der Waals surface area contributed by atoms with Crippen LogP contribution in [0.3, 0.4) is 0 Å². The topological polar surface area (TPSA) is 49.5 Å². The number of rotatable bonds is 4. The van der Waals surface area contributed by atoms with Crippen LogP contribution in [0.4, 0.5) is 0 Å². The van der Waals surface area contributed by atoms with E-state index in [1.54, 1.807) is 6.26 Å². The van der Waals surface area contributed by atoms with Crippen molar-refractivity contribution in [3.05, 3.63) is 17.8 Å². The zero-order valence-electron chi connectivity index (χ0n) is 9.15. The molecule has 0 bridgehead atoms. The third kappa shape index (κ3) is 2.38. The molecule has 1 N–H and O–H groups in total. The molecule has 0 aliphatic carbocycles. The Balaban J connectivity index is 1.95. The van der Waals surface area contributed by atoms with Crippen molar-refractivity contribution in [1.29, 1.82) is 0 Å². The van der Waals surface area contributed by atoms with E-state index in [1.807, 2.05) is 0 Å². The van der Waals surface area contributed by atoms with Crippen LogP contribution in [0.15, 0.2) is 10.7 Å². The van der Waals surface area contributed by atoms with Gasteiger partial charge in [0.15, 0.2) is 5.89 Å². The van der Waals surface area contributed by atoms with Crippen LogP contribution in [-0.2, 0) is 13.0 Å². The summed E-state index contributed by atoms with van der Waals surface area (Å²) in [5.74, 6) is 0.754. The number of likely N-dealkylation sites (N-methyl/N-ethyl adjacent to an activating group) is 1. The van der Waals surface area contributed by atoms with Gasteiger partial charge in [-0.2, -0.15) is 0 Å². The van der Waals surface area contributed by atoms with Crippen molar-refractivity contribution in [2.75, 3.05) is 13.1 Å². The first-order valence-corrected chi connectivity index (χ1v) is 5.61. The van der Waals surface area contributed by atoms with Crippen LogP contribution in [0.2, 0.25) is 0 Å². The number of oxazole rings is 1. The van der Waals surface area contributed by atoms with Gasteiger partial charge in [0.05, 0.1) is 6.61 Å². The summed E-state index contributed by atoms with van der Waals surface area (Å²) >= 11 is 0. The Morgan fingerprint density at radius 2 is 2.53 bits per heavy atom. The Bertz CT molecular complexity index is 311. The average Bonchev–Trinajstić information content (AvgIpc) is 2.87. The van der Waals surface area contributed by atoms with Crippen molar-refractivity contribution in [2.45, 2.75) is 38.8 Å². The number of likely N-dealkylation sites (tertiary alicyclic amines) is 1. The molecule has 4 nitrogen and oxygen atoms in total. The van der Waals surface area contributed by atoms with E-state index in [1.165, 1.54) is 19.4 Å². The van der Waals surface area contributed by atoms with Gasteiger partial charge in [0.2, 0.25) is 0 Å². The summed E-state index contributed by atoms with van der Waals surface area (Å²) in [5, 5.41) is 8.88. The Hall–Kier alpha value is -0.870. The molecule has 1 aliphatic rings. The SMILES string of the molecule is CCN1CCCC1Cc1nc(CO)co1. The Labute approximate surface area is 89.9 Å². The minimum Gasteiger partial charge on any atom is -0.449 e. The molecule has 4 heteroatoms. The van der Waals surface area contributed by atoms with E-state index in [0.29, 0.717) is 11.7 Å². The average molecular weight is 210 g/mol. The van der Waals surface area contributed by atoms with E-state index in [9.17, 15) is 0 Å². The van der Waals surface area contributed by atoms with Gasteiger partial charge in [-0.05, 0) is 25.9 Å². The molecule has 1 saturated heterocycles. The summed E-state index contributed by atoms with van der Waals surface area (Å²) in [4.78, 5) is 6.68. The van der Waals surface area contributed by atoms with Crippen LogP contribution in [0.1, 0.15) is 31.4 Å². The number of hydrogen-bond acceptors (Lipinski definition) is 4. The predicted octanol–water partition coefficient (Wildman–Crippen LogP) is 1.19. The molecule has 1 atom stereocenters. The highest BCUT2D eigenvalue weighted by Crippen LogP contribution is 2.20. The standard InChI is InChI=1S/C11H18N2O2/c1-2-13-5-3-4-10(13)6-11-12-9(7-14)8-15-11/h8,10,14H,2-7H2,1H3. The van der Waals surface area contributed by atoms with Gasteiger partial charge in [0.1, 0.15) is 12.0 Å². The number of hydrogen-bond donors (Lipinski definition) is 1. The Morgan fingerprint density at radius 3 is 3.20 bits per heavy atom. The fraction of sp³-hybridized carbons (Fsp3) is 0.727. The molecular formula is C11H18N2O2. The van der Waals surface area contributed by atoms with Crippen LogP contribution in [0, 0.1) is 0 Å². The smallest absolute Gasteiger partial charge is 0.195 e. The number of nitrogens with zero attached hydrogens (tertiary/aromatic N) is 2. The second-order valence-corrected chi connectivity index (χ2v) is 4.02. The van der Waals surface area contributed by atoms with Crippen molar-refractivity contribution in [3.8, 4) is 0 Å². The molecule has 0 radical (unpaired) electrons. The Morgan fingerprint density at radius 1 is 1.67 bits per heavy atom. The highest BCUT2D eigenvalue weighted by atomic mass is 16.3. The summed E-state index contributed by atoms with van der Waals surface area (Å²) in [6.45, 7) is 4.44. The van der Waals surface area contributed by atoms with Crippen molar-refractivity contribution >= 4 is 0 Å². The summed E-state index contributed by atoms with van der Waals surface area (Å²) in [5.41, 5.74) is 0.631. The quantitative estimate of drug-likeness (QED) is 0.811. The monoisotopic (exact) mass is 210 g/mol. The molecule has 1 aliphatic heterocycles. The van der Waals surface area contributed by atoms with Gasteiger partial charge in [-0.3, -0.25) is 0 Å². The van der Waals surface area contributed by atoms with Crippen molar-refractivity contribution < 1.29 is 9.52 Å². The lowest BCUT2D eigenvalue weighted by Gasteiger charge is -2.20. The molecule has 84 valence electrons. The minimum absolute atomic E-state index is 0.0361. The van der Waals surface area contributed by atoms with E-state index >= 15 is 0 Å². The van der Waals surface area contributed by atoms with Gasteiger partial charge in [0, 0.05) is 12.5 Å². The largest absolute Gasteiger partial charge is 0.449 e. The van der Waals surface area contributed by atoms with Crippen LogP contribution >= 0.6 is 0 Å². The maximum atomic E-state index is 8.88. The molecule has 0 aromatic carbocycles. The molecule has 0 spiro atoms. The molecule has 15 heavy (non-hydrogen) atoms. The van der Waals surface area contributed by atoms with Gasteiger partial charge >= 0.3 is 0 Å². The maximum Gasteiger partial charge on any atom is 0.195 e. The Kier molecular flexibility index (Phi) is 3.38. The third-order valence-corrected chi connectivity index (χ3v) is 3.08. The predicted molar refractivity (Wildman–Crippen MR) is 56.4 cm³/mol. The molecule has 1 unspecified atom stereocenters. The molecule has 0 saturated carbocycles. The van der Waals surface area contributed by atoms with Crippen molar-refractivity contribution in [3.63, 3.8) is 0 Å². The fourth-order valence-corrected chi connectivity index (χ4v) is 2.26. The zero-order valence-corrected chi connectivity index (χ0v) is 9.15. The number of aliphatic hydroxyl groups is 1. The van der Waals surface area contributed by atoms with Crippen molar-refractivity contribution in [1.82, 2.24) is 9.88 Å². The first-order valence-electron chi connectivity index (χ1n) is 5.61. The van der Waals surface area contributed by atoms with E-state index in [0.717, 1.165) is 18.9 Å². The number of aliphatic hydroxyl groups excluding tert-OH is 1. The normalized spacial score (nSPS) is 22.4. The van der Waals surface area contributed by atoms with Gasteiger partial charge in [-0.1, -0.05) is 6.92 Å². The molecule has 1 aromatic rings. The number of aromatic nitrogens is 1.